The van der Waals surface area contributed by atoms with Crippen molar-refractivity contribution in [1.82, 2.24) is 4.90 Å². The molecule has 2 atom stereocenters. The maximum Gasteiger partial charge on any atom is 0.137 e. The average molecular weight is 142 g/mol. The number of hydrogen-bond donors (Lipinski definition) is 1. The third-order valence-electron chi connectivity index (χ3n) is 2.18. The fraction of sp³-hybridized carbons (Fsp3) is 0.857. The summed E-state index contributed by atoms with van der Waals surface area (Å²) in [6.07, 6.45) is 1.95. The zero-order chi connectivity index (χ0) is 7.56. The lowest BCUT2D eigenvalue weighted by Gasteiger charge is -2.11. The lowest BCUT2D eigenvalue weighted by Crippen LogP contribution is -2.26. The van der Waals surface area contributed by atoms with E-state index in [9.17, 15) is 4.79 Å². The number of carbonyl (C=O) groups excluding carboxylic acids is 1. The van der Waals surface area contributed by atoms with Crippen LogP contribution >= 0.6 is 0 Å². The molecule has 0 radical (unpaired) electrons. The molecule has 0 bridgehead atoms. The molecule has 1 fully saturated rings. The molecule has 1 aliphatic heterocycles. The van der Waals surface area contributed by atoms with Gasteiger partial charge in [0.25, 0.3) is 0 Å². The molecule has 0 aromatic carbocycles. The summed E-state index contributed by atoms with van der Waals surface area (Å²) in [5.74, 6) is 0.528. The Kier molecular flexibility index (Phi) is 2.40. The molecule has 1 saturated heterocycles. The van der Waals surface area contributed by atoms with Crippen molar-refractivity contribution in [3.8, 4) is 0 Å². The van der Waals surface area contributed by atoms with Gasteiger partial charge in [-0.2, -0.15) is 0 Å². The van der Waals surface area contributed by atoms with E-state index < -0.39 is 0 Å². The van der Waals surface area contributed by atoms with E-state index in [0.29, 0.717) is 12.5 Å². The van der Waals surface area contributed by atoms with Crippen molar-refractivity contribution < 1.29 is 4.79 Å². The normalized spacial score (nSPS) is 34.6. The molecule has 3 nitrogen and oxygen atoms in total. The summed E-state index contributed by atoms with van der Waals surface area (Å²) in [5, 5.41) is 0. The van der Waals surface area contributed by atoms with Crippen molar-refractivity contribution in [1.29, 1.82) is 0 Å². The Bertz CT molecular complexity index is 127. The summed E-state index contributed by atoms with van der Waals surface area (Å²) >= 11 is 0. The number of nitrogens with zero attached hydrogens (tertiary/aromatic N) is 1. The molecule has 1 rings (SSSR count). The molecule has 58 valence electrons. The van der Waals surface area contributed by atoms with Crippen LogP contribution in [-0.4, -0.2) is 37.4 Å². The van der Waals surface area contributed by atoms with Gasteiger partial charge in [0.05, 0.1) is 6.04 Å². The van der Waals surface area contributed by atoms with Gasteiger partial charge in [0.1, 0.15) is 6.29 Å². The molecule has 0 aliphatic carbocycles. The van der Waals surface area contributed by atoms with Crippen molar-refractivity contribution in [3.05, 3.63) is 0 Å². The number of carbonyl (C=O) groups is 1. The number of likely N-dealkylation sites (tertiary alicyclic amines) is 1. The highest BCUT2D eigenvalue weighted by Gasteiger charge is 2.27. The average Bonchev–Trinajstić information content (AvgIpc) is 2.30. The molecular weight excluding hydrogens is 128 g/mol. The van der Waals surface area contributed by atoms with Crippen molar-refractivity contribution in [2.75, 3.05) is 20.1 Å². The fourth-order valence-corrected chi connectivity index (χ4v) is 1.47. The largest absolute Gasteiger partial charge is 0.330 e. The molecule has 0 aromatic rings. The molecule has 10 heavy (non-hydrogen) atoms. The van der Waals surface area contributed by atoms with E-state index in [1.54, 1.807) is 0 Å². The monoisotopic (exact) mass is 142 g/mol. The van der Waals surface area contributed by atoms with Crippen LogP contribution in [-0.2, 0) is 4.79 Å². The van der Waals surface area contributed by atoms with Gasteiger partial charge in [-0.25, -0.2) is 0 Å². The second kappa shape index (κ2) is 3.12. The van der Waals surface area contributed by atoms with Gasteiger partial charge in [-0.1, -0.05) is 0 Å². The molecule has 0 amide bonds. The third kappa shape index (κ3) is 1.36. The summed E-state index contributed by atoms with van der Waals surface area (Å²) in [7, 11) is 1.97. The summed E-state index contributed by atoms with van der Waals surface area (Å²) in [5.41, 5.74) is 5.47. The molecule has 0 spiro atoms. The molecule has 1 heterocycles. The van der Waals surface area contributed by atoms with Crippen molar-refractivity contribution >= 4 is 6.29 Å². The summed E-state index contributed by atoms with van der Waals surface area (Å²) in [4.78, 5) is 12.5. The first-order valence-corrected chi connectivity index (χ1v) is 3.63. The first-order valence-electron chi connectivity index (χ1n) is 3.63. The van der Waals surface area contributed by atoms with Gasteiger partial charge in [0.15, 0.2) is 0 Å². The SMILES string of the molecule is CN1CC(CN)CC1C=O. The van der Waals surface area contributed by atoms with Crippen LogP contribution in [0.4, 0.5) is 0 Å². The minimum absolute atomic E-state index is 0.119. The standard InChI is InChI=1S/C7H14N2O/c1-9-4-6(3-8)2-7(9)5-10/h5-7H,2-4,8H2,1H3. The molecule has 0 saturated carbocycles. The zero-order valence-corrected chi connectivity index (χ0v) is 6.29. The van der Waals surface area contributed by atoms with Crippen molar-refractivity contribution in [2.45, 2.75) is 12.5 Å². The highest BCUT2D eigenvalue weighted by Crippen LogP contribution is 2.18. The van der Waals surface area contributed by atoms with Gasteiger partial charge in [-0.15, -0.1) is 0 Å². The Balaban J connectivity index is 2.43. The summed E-state index contributed by atoms with van der Waals surface area (Å²) < 4.78 is 0. The van der Waals surface area contributed by atoms with Crippen LogP contribution in [0.5, 0.6) is 0 Å². The number of aldehydes is 1. The van der Waals surface area contributed by atoms with Crippen molar-refractivity contribution in [2.24, 2.45) is 11.7 Å². The quantitative estimate of drug-likeness (QED) is 0.527. The van der Waals surface area contributed by atoms with E-state index in [-0.39, 0.29) is 6.04 Å². The van der Waals surface area contributed by atoms with Gasteiger partial charge >= 0.3 is 0 Å². The fourth-order valence-electron chi connectivity index (χ4n) is 1.47. The molecule has 1 aliphatic rings. The zero-order valence-electron chi connectivity index (χ0n) is 6.29. The Labute approximate surface area is 61.2 Å². The number of hydrogen-bond acceptors (Lipinski definition) is 3. The van der Waals surface area contributed by atoms with Crippen LogP contribution < -0.4 is 5.73 Å². The van der Waals surface area contributed by atoms with Gasteiger partial charge in [-0.05, 0) is 25.9 Å². The number of likely N-dealkylation sites (N-methyl/N-ethyl adjacent to an activating group) is 1. The van der Waals surface area contributed by atoms with Gasteiger partial charge in [0, 0.05) is 6.54 Å². The van der Waals surface area contributed by atoms with Gasteiger partial charge in [0.2, 0.25) is 0 Å². The highest BCUT2D eigenvalue weighted by atomic mass is 16.1. The Hall–Kier alpha value is -0.410. The Morgan fingerprint density at radius 3 is 2.80 bits per heavy atom. The molecule has 2 unspecified atom stereocenters. The van der Waals surface area contributed by atoms with E-state index in [0.717, 1.165) is 19.3 Å². The summed E-state index contributed by atoms with van der Waals surface area (Å²) in [6.45, 7) is 1.68. The molecule has 2 N–H and O–H groups in total. The number of rotatable bonds is 2. The van der Waals surface area contributed by atoms with Crippen molar-refractivity contribution in [3.63, 3.8) is 0 Å². The lowest BCUT2D eigenvalue weighted by molar-refractivity contribution is -0.111. The maximum atomic E-state index is 10.4. The van der Waals surface area contributed by atoms with Crippen LogP contribution in [0.3, 0.4) is 0 Å². The van der Waals surface area contributed by atoms with E-state index in [4.69, 9.17) is 5.73 Å². The van der Waals surface area contributed by atoms with Crippen LogP contribution in [0, 0.1) is 5.92 Å². The van der Waals surface area contributed by atoms with Crippen LogP contribution in [0.2, 0.25) is 0 Å². The summed E-state index contributed by atoms with van der Waals surface area (Å²) in [6, 6.07) is 0.119. The van der Waals surface area contributed by atoms with Gasteiger partial charge in [-0.3, -0.25) is 4.90 Å². The first-order chi connectivity index (χ1) is 4.77. The first kappa shape index (κ1) is 7.69. The lowest BCUT2D eigenvalue weighted by atomic mass is 10.1. The van der Waals surface area contributed by atoms with Gasteiger partial charge < -0.3 is 10.5 Å². The minimum atomic E-state index is 0.119. The smallest absolute Gasteiger partial charge is 0.137 e. The van der Waals surface area contributed by atoms with E-state index >= 15 is 0 Å². The topological polar surface area (TPSA) is 46.3 Å². The Morgan fingerprint density at radius 2 is 2.50 bits per heavy atom. The number of nitrogens with two attached hydrogens (primary N) is 1. The van der Waals surface area contributed by atoms with E-state index in [1.807, 2.05) is 7.05 Å². The molecule has 3 heteroatoms. The predicted octanol–water partition coefficient (Wildman–Crippen LogP) is -0.536. The third-order valence-corrected chi connectivity index (χ3v) is 2.18. The van der Waals surface area contributed by atoms with E-state index in [2.05, 4.69) is 4.90 Å². The second-order valence-electron chi connectivity index (χ2n) is 2.98. The van der Waals surface area contributed by atoms with Crippen LogP contribution in [0.15, 0.2) is 0 Å². The van der Waals surface area contributed by atoms with E-state index in [1.165, 1.54) is 0 Å². The highest BCUT2D eigenvalue weighted by molar-refractivity contribution is 5.58. The predicted molar refractivity (Wildman–Crippen MR) is 39.6 cm³/mol. The minimum Gasteiger partial charge on any atom is -0.330 e. The molecule has 0 aromatic heterocycles. The van der Waals surface area contributed by atoms with Crippen LogP contribution in [0.1, 0.15) is 6.42 Å². The molecular formula is C7H14N2O. The second-order valence-corrected chi connectivity index (χ2v) is 2.98. The Morgan fingerprint density at radius 1 is 1.80 bits per heavy atom. The maximum absolute atomic E-state index is 10.4. The van der Waals surface area contributed by atoms with Crippen LogP contribution in [0.25, 0.3) is 0 Å².